The molecule has 0 saturated carbocycles. The van der Waals surface area contributed by atoms with Crippen LogP contribution < -0.4 is 5.32 Å². The van der Waals surface area contributed by atoms with Gasteiger partial charge in [0, 0.05) is 19.1 Å². The maximum Gasteiger partial charge on any atom is 0.227 e. The molecule has 2 atom stereocenters. The lowest BCUT2D eigenvalue weighted by molar-refractivity contribution is -0.139. The number of amides is 1. The molecule has 0 aliphatic carbocycles. The van der Waals surface area contributed by atoms with Crippen molar-refractivity contribution in [3.05, 3.63) is 0 Å². The summed E-state index contributed by atoms with van der Waals surface area (Å²) in [6.07, 6.45) is 4.70. The van der Waals surface area contributed by atoms with Crippen LogP contribution in [0.1, 0.15) is 39.5 Å². The predicted molar refractivity (Wildman–Crippen MR) is 72.4 cm³/mol. The Morgan fingerprint density at radius 2 is 2.06 bits per heavy atom. The van der Waals surface area contributed by atoms with E-state index in [0.29, 0.717) is 17.9 Å². The molecule has 2 heterocycles. The van der Waals surface area contributed by atoms with Crippen LogP contribution in [-0.2, 0) is 4.79 Å². The van der Waals surface area contributed by atoms with Crippen LogP contribution in [0.4, 0.5) is 0 Å². The highest BCUT2D eigenvalue weighted by Crippen LogP contribution is 2.25. The summed E-state index contributed by atoms with van der Waals surface area (Å²) in [6, 6.07) is 0.488. The summed E-state index contributed by atoms with van der Waals surface area (Å²) < 4.78 is 0. The molecule has 1 amide bonds. The molecule has 4 heteroatoms. The molecule has 2 aliphatic heterocycles. The highest BCUT2D eigenvalue weighted by molar-refractivity contribution is 5.85. The summed E-state index contributed by atoms with van der Waals surface area (Å²) in [5.41, 5.74) is 0. The molecule has 3 nitrogen and oxygen atoms in total. The molecule has 2 fully saturated rings. The van der Waals surface area contributed by atoms with Crippen LogP contribution in [0.5, 0.6) is 0 Å². The lowest BCUT2D eigenvalue weighted by atomic mass is 9.91. The second kappa shape index (κ2) is 6.60. The van der Waals surface area contributed by atoms with Gasteiger partial charge in [0.05, 0.1) is 5.92 Å². The molecule has 100 valence electrons. The van der Waals surface area contributed by atoms with Crippen LogP contribution in [0.2, 0.25) is 0 Å². The molecule has 2 aliphatic rings. The third-order valence-corrected chi connectivity index (χ3v) is 4.01. The number of nitrogens with zero attached hydrogens (tertiary/aromatic N) is 1. The Morgan fingerprint density at radius 1 is 1.29 bits per heavy atom. The fourth-order valence-electron chi connectivity index (χ4n) is 3.02. The van der Waals surface area contributed by atoms with Gasteiger partial charge in [0.2, 0.25) is 5.91 Å². The fourth-order valence-corrected chi connectivity index (χ4v) is 3.02. The van der Waals surface area contributed by atoms with Gasteiger partial charge in [-0.3, -0.25) is 4.79 Å². The molecule has 2 unspecified atom stereocenters. The van der Waals surface area contributed by atoms with Crippen LogP contribution in [0.3, 0.4) is 0 Å². The highest BCUT2D eigenvalue weighted by atomic mass is 35.5. The monoisotopic (exact) mass is 260 g/mol. The fraction of sp³-hybridized carbons (Fsp3) is 0.923. The first-order chi connectivity index (χ1) is 7.70. The largest absolute Gasteiger partial charge is 0.339 e. The van der Waals surface area contributed by atoms with Crippen LogP contribution in [0.15, 0.2) is 0 Å². The quantitative estimate of drug-likeness (QED) is 0.824. The Balaban J connectivity index is 0.00000144. The van der Waals surface area contributed by atoms with Gasteiger partial charge in [-0.1, -0.05) is 13.8 Å². The van der Waals surface area contributed by atoms with Crippen molar-refractivity contribution in [3.63, 3.8) is 0 Å². The van der Waals surface area contributed by atoms with Crippen molar-refractivity contribution >= 4 is 18.3 Å². The van der Waals surface area contributed by atoms with Gasteiger partial charge in [-0.05, 0) is 38.1 Å². The number of halogens is 1. The second-order valence-electron chi connectivity index (χ2n) is 5.53. The molecule has 0 aromatic rings. The van der Waals surface area contributed by atoms with Crippen LogP contribution in [0.25, 0.3) is 0 Å². The summed E-state index contributed by atoms with van der Waals surface area (Å²) in [5, 5.41) is 3.29. The number of nitrogens with one attached hydrogen (secondary N) is 1. The normalized spacial score (nSPS) is 29.2. The predicted octanol–water partition coefficient (Wildman–Crippen LogP) is 2.05. The first-order valence-corrected chi connectivity index (χ1v) is 6.71. The van der Waals surface area contributed by atoms with E-state index < -0.39 is 0 Å². The molecule has 2 saturated heterocycles. The topological polar surface area (TPSA) is 32.3 Å². The van der Waals surface area contributed by atoms with Crippen molar-refractivity contribution in [2.45, 2.75) is 45.6 Å². The Morgan fingerprint density at radius 3 is 2.65 bits per heavy atom. The third kappa shape index (κ3) is 3.35. The lowest BCUT2D eigenvalue weighted by Crippen LogP contribution is -2.49. The lowest BCUT2D eigenvalue weighted by Gasteiger charge is -2.39. The number of hydrogen-bond acceptors (Lipinski definition) is 2. The van der Waals surface area contributed by atoms with Crippen molar-refractivity contribution < 1.29 is 4.79 Å². The Kier molecular flexibility index (Phi) is 5.74. The van der Waals surface area contributed by atoms with E-state index in [1.807, 2.05) is 0 Å². The van der Waals surface area contributed by atoms with Gasteiger partial charge < -0.3 is 10.2 Å². The van der Waals surface area contributed by atoms with Crippen molar-refractivity contribution in [2.75, 3.05) is 19.6 Å². The van der Waals surface area contributed by atoms with Crippen molar-refractivity contribution in [1.82, 2.24) is 10.2 Å². The summed E-state index contributed by atoms with van der Waals surface area (Å²) in [7, 11) is 0. The summed E-state index contributed by atoms with van der Waals surface area (Å²) >= 11 is 0. The maximum atomic E-state index is 12.4. The number of rotatable bonds is 2. The minimum absolute atomic E-state index is 0. The van der Waals surface area contributed by atoms with E-state index in [2.05, 4.69) is 24.1 Å². The summed E-state index contributed by atoms with van der Waals surface area (Å²) in [5.74, 6) is 1.25. The molecule has 17 heavy (non-hydrogen) atoms. The van der Waals surface area contributed by atoms with Gasteiger partial charge in [0.15, 0.2) is 0 Å². The number of piperidine rings is 1. The van der Waals surface area contributed by atoms with Gasteiger partial charge >= 0.3 is 0 Å². The van der Waals surface area contributed by atoms with Crippen LogP contribution in [-0.4, -0.2) is 36.5 Å². The van der Waals surface area contributed by atoms with E-state index in [1.54, 1.807) is 0 Å². The minimum Gasteiger partial charge on any atom is -0.339 e. The van der Waals surface area contributed by atoms with E-state index in [0.717, 1.165) is 26.1 Å². The SMILES string of the molecule is CC(C)C1CCCCN1C(=O)C1CCNC1.Cl. The van der Waals surface area contributed by atoms with Crippen molar-refractivity contribution in [2.24, 2.45) is 11.8 Å². The van der Waals surface area contributed by atoms with Crippen LogP contribution >= 0.6 is 12.4 Å². The minimum atomic E-state index is 0. The highest BCUT2D eigenvalue weighted by Gasteiger charge is 2.33. The summed E-state index contributed by atoms with van der Waals surface area (Å²) in [4.78, 5) is 14.6. The van der Waals surface area contributed by atoms with Gasteiger partial charge in [-0.25, -0.2) is 0 Å². The van der Waals surface area contributed by atoms with E-state index in [4.69, 9.17) is 0 Å². The van der Waals surface area contributed by atoms with Crippen molar-refractivity contribution in [1.29, 1.82) is 0 Å². The average Bonchev–Trinajstić information content (AvgIpc) is 2.81. The second-order valence-corrected chi connectivity index (χ2v) is 5.53. The maximum absolute atomic E-state index is 12.4. The number of carbonyl (C=O) groups excluding carboxylic acids is 1. The zero-order chi connectivity index (χ0) is 11.5. The standard InChI is InChI=1S/C13H24N2O.ClH/c1-10(2)12-5-3-4-8-15(12)13(16)11-6-7-14-9-11;/h10-12,14H,3-9H2,1-2H3;1H. The summed E-state index contributed by atoms with van der Waals surface area (Å²) in [6.45, 7) is 7.36. The molecule has 0 radical (unpaired) electrons. The number of likely N-dealkylation sites (tertiary alicyclic amines) is 1. The molecule has 1 N–H and O–H groups in total. The van der Waals surface area contributed by atoms with E-state index in [9.17, 15) is 4.79 Å². The Labute approximate surface area is 111 Å². The Bertz CT molecular complexity index is 252. The average molecular weight is 261 g/mol. The molecular formula is C13H25ClN2O. The van der Waals surface area contributed by atoms with E-state index in [1.165, 1.54) is 19.3 Å². The smallest absolute Gasteiger partial charge is 0.227 e. The molecule has 0 aromatic carbocycles. The first kappa shape index (κ1) is 14.8. The zero-order valence-electron chi connectivity index (χ0n) is 10.9. The van der Waals surface area contributed by atoms with Gasteiger partial charge in [-0.15, -0.1) is 12.4 Å². The number of hydrogen-bond donors (Lipinski definition) is 1. The molecular weight excluding hydrogens is 236 g/mol. The first-order valence-electron chi connectivity index (χ1n) is 6.71. The van der Waals surface area contributed by atoms with Gasteiger partial charge in [-0.2, -0.15) is 0 Å². The molecule has 0 spiro atoms. The third-order valence-electron chi connectivity index (χ3n) is 4.01. The van der Waals surface area contributed by atoms with E-state index >= 15 is 0 Å². The molecule has 0 bridgehead atoms. The van der Waals surface area contributed by atoms with Crippen molar-refractivity contribution in [3.8, 4) is 0 Å². The molecule has 2 rings (SSSR count). The van der Waals surface area contributed by atoms with Crippen LogP contribution in [0, 0.1) is 11.8 Å². The van der Waals surface area contributed by atoms with Gasteiger partial charge in [0.25, 0.3) is 0 Å². The van der Waals surface area contributed by atoms with E-state index in [-0.39, 0.29) is 18.3 Å². The van der Waals surface area contributed by atoms with Gasteiger partial charge in [0.1, 0.15) is 0 Å². The zero-order valence-corrected chi connectivity index (χ0v) is 11.8. The Hall–Kier alpha value is -0.280. The number of carbonyl (C=O) groups is 1. The molecule has 0 aromatic heterocycles.